The molecular weight excluding hydrogens is 228 g/mol. The van der Waals surface area contributed by atoms with Crippen molar-refractivity contribution in [1.29, 1.82) is 0 Å². The maximum absolute atomic E-state index is 10.3. The zero-order valence-corrected chi connectivity index (χ0v) is 11.1. The molecule has 1 heterocycles. The van der Waals surface area contributed by atoms with E-state index in [9.17, 15) is 5.11 Å². The Morgan fingerprint density at radius 2 is 2.06 bits per heavy atom. The van der Waals surface area contributed by atoms with E-state index in [4.69, 9.17) is 4.74 Å². The molecule has 0 saturated carbocycles. The van der Waals surface area contributed by atoms with Gasteiger partial charge in [-0.1, -0.05) is 6.07 Å². The molecule has 0 aromatic heterocycles. The monoisotopic (exact) mass is 250 g/mol. The summed E-state index contributed by atoms with van der Waals surface area (Å²) in [5, 5.41) is 13.6. The van der Waals surface area contributed by atoms with Crippen LogP contribution in [0.2, 0.25) is 0 Å². The highest BCUT2D eigenvalue weighted by Gasteiger charge is 2.29. The van der Waals surface area contributed by atoms with Crippen LogP contribution in [0.4, 0.5) is 5.69 Å². The second kappa shape index (κ2) is 5.59. The highest BCUT2D eigenvalue weighted by Crippen LogP contribution is 2.23. The molecule has 4 heteroatoms. The van der Waals surface area contributed by atoms with Crippen LogP contribution in [0, 0.1) is 0 Å². The topological polar surface area (TPSA) is 44.7 Å². The van der Waals surface area contributed by atoms with Crippen LogP contribution in [0.25, 0.3) is 0 Å². The Morgan fingerprint density at radius 1 is 1.33 bits per heavy atom. The smallest absolute Gasteiger partial charge is 0.121 e. The molecule has 0 aliphatic carbocycles. The number of nitrogens with zero attached hydrogens (tertiary/aromatic N) is 1. The minimum Gasteiger partial charge on any atom is -0.491 e. The van der Waals surface area contributed by atoms with Gasteiger partial charge in [0.1, 0.15) is 18.0 Å². The highest BCUT2D eigenvalue weighted by atomic mass is 16.5. The molecule has 1 aromatic rings. The van der Waals surface area contributed by atoms with Crippen LogP contribution in [0.1, 0.15) is 12.8 Å². The summed E-state index contributed by atoms with van der Waals surface area (Å²) in [6.07, 6.45) is 1.50. The molecule has 4 nitrogen and oxygen atoms in total. The van der Waals surface area contributed by atoms with Crippen molar-refractivity contribution < 1.29 is 9.84 Å². The van der Waals surface area contributed by atoms with E-state index < -0.39 is 5.60 Å². The van der Waals surface area contributed by atoms with E-state index in [2.05, 4.69) is 5.32 Å². The Hall–Kier alpha value is -1.26. The maximum Gasteiger partial charge on any atom is 0.121 e. The molecule has 1 aliphatic rings. The zero-order valence-electron chi connectivity index (χ0n) is 11.1. The van der Waals surface area contributed by atoms with Crippen molar-refractivity contribution in [2.75, 3.05) is 38.7 Å². The molecule has 0 amide bonds. The fourth-order valence-corrected chi connectivity index (χ4v) is 2.11. The summed E-state index contributed by atoms with van der Waals surface area (Å²) in [5.41, 5.74) is 0.420. The maximum atomic E-state index is 10.3. The van der Waals surface area contributed by atoms with Gasteiger partial charge in [-0.3, -0.25) is 0 Å². The molecule has 0 spiro atoms. The van der Waals surface area contributed by atoms with Crippen molar-refractivity contribution in [3.05, 3.63) is 24.3 Å². The van der Waals surface area contributed by atoms with Crippen LogP contribution in [-0.2, 0) is 0 Å². The first-order valence-electron chi connectivity index (χ1n) is 6.42. The van der Waals surface area contributed by atoms with Crippen molar-refractivity contribution in [2.24, 2.45) is 0 Å². The van der Waals surface area contributed by atoms with Crippen molar-refractivity contribution in [3.63, 3.8) is 0 Å². The Morgan fingerprint density at radius 3 is 2.72 bits per heavy atom. The fourth-order valence-electron chi connectivity index (χ4n) is 2.11. The van der Waals surface area contributed by atoms with E-state index in [1.54, 1.807) is 0 Å². The first-order chi connectivity index (χ1) is 8.59. The predicted molar refractivity (Wildman–Crippen MR) is 73.3 cm³/mol. The Labute approximate surface area is 109 Å². The van der Waals surface area contributed by atoms with Gasteiger partial charge in [-0.2, -0.15) is 0 Å². The normalized spacial score (nSPS) is 18.4. The molecular formula is C14H22N2O2. The Bertz CT molecular complexity index is 387. The molecule has 0 unspecified atom stereocenters. The van der Waals surface area contributed by atoms with Crippen LogP contribution in [-0.4, -0.2) is 44.5 Å². The molecule has 1 fully saturated rings. The van der Waals surface area contributed by atoms with Crippen molar-refractivity contribution in [3.8, 4) is 5.75 Å². The molecule has 100 valence electrons. The lowest BCUT2D eigenvalue weighted by atomic mass is 9.93. The number of aliphatic hydroxyl groups is 1. The van der Waals surface area contributed by atoms with Gasteiger partial charge in [-0.25, -0.2) is 0 Å². The quantitative estimate of drug-likeness (QED) is 0.844. The third-order valence-corrected chi connectivity index (χ3v) is 3.38. The third kappa shape index (κ3) is 3.37. The Kier molecular flexibility index (Phi) is 4.09. The molecule has 0 radical (unpaired) electrons. The zero-order chi connectivity index (χ0) is 13.0. The van der Waals surface area contributed by atoms with Gasteiger partial charge in [0.2, 0.25) is 0 Å². The average molecular weight is 250 g/mol. The lowest BCUT2D eigenvalue weighted by Gasteiger charge is -2.32. The number of hydrogen-bond donors (Lipinski definition) is 2. The van der Waals surface area contributed by atoms with Gasteiger partial charge in [-0.05, 0) is 38.1 Å². The fraction of sp³-hybridized carbons (Fsp3) is 0.571. The van der Waals surface area contributed by atoms with Gasteiger partial charge in [0.25, 0.3) is 0 Å². The SMILES string of the molecule is CN(C)c1cccc(OCC2(O)CCNCC2)c1. The van der Waals surface area contributed by atoms with E-state index in [1.165, 1.54) is 0 Å². The lowest BCUT2D eigenvalue weighted by Crippen LogP contribution is -2.45. The molecule has 2 N–H and O–H groups in total. The summed E-state index contributed by atoms with van der Waals surface area (Å²) < 4.78 is 5.73. The van der Waals surface area contributed by atoms with Crippen LogP contribution in [0.15, 0.2) is 24.3 Å². The minimum absolute atomic E-state index is 0.367. The van der Waals surface area contributed by atoms with Crippen LogP contribution < -0.4 is 15.0 Å². The molecule has 18 heavy (non-hydrogen) atoms. The average Bonchev–Trinajstić information content (AvgIpc) is 2.38. The molecule has 2 rings (SSSR count). The third-order valence-electron chi connectivity index (χ3n) is 3.38. The summed E-state index contributed by atoms with van der Waals surface area (Å²) in [7, 11) is 4.00. The number of rotatable bonds is 4. The van der Waals surface area contributed by atoms with E-state index >= 15 is 0 Å². The van der Waals surface area contributed by atoms with Crippen LogP contribution >= 0.6 is 0 Å². The second-order valence-electron chi connectivity index (χ2n) is 5.15. The van der Waals surface area contributed by atoms with E-state index in [-0.39, 0.29) is 0 Å². The molecule has 0 bridgehead atoms. The summed E-state index contributed by atoms with van der Waals surface area (Å²) in [5.74, 6) is 0.813. The van der Waals surface area contributed by atoms with E-state index in [1.807, 2.05) is 43.3 Å². The van der Waals surface area contributed by atoms with Crippen molar-refractivity contribution in [1.82, 2.24) is 5.32 Å². The standard InChI is InChI=1S/C14H22N2O2/c1-16(2)12-4-3-5-13(10-12)18-11-14(17)6-8-15-9-7-14/h3-5,10,15,17H,6-9,11H2,1-2H3. The Balaban J connectivity index is 1.95. The van der Waals surface area contributed by atoms with Crippen LogP contribution in [0.5, 0.6) is 5.75 Å². The summed E-state index contributed by atoms with van der Waals surface area (Å²) in [6.45, 7) is 2.08. The van der Waals surface area contributed by atoms with Gasteiger partial charge in [0, 0.05) is 25.8 Å². The van der Waals surface area contributed by atoms with Gasteiger partial charge < -0.3 is 20.1 Å². The predicted octanol–water partition coefficient (Wildman–Crippen LogP) is 1.25. The van der Waals surface area contributed by atoms with E-state index in [0.717, 1.165) is 37.4 Å². The summed E-state index contributed by atoms with van der Waals surface area (Å²) >= 11 is 0. The van der Waals surface area contributed by atoms with Gasteiger partial charge in [0.05, 0.1) is 0 Å². The molecule has 1 saturated heterocycles. The second-order valence-corrected chi connectivity index (χ2v) is 5.15. The van der Waals surface area contributed by atoms with Gasteiger partial charge in [-0.15, -0.1) is 0 Å². The summed E-state index contributed by atoms with van der Waals surface area (Å²) in [6, 6.07) is 7.92. The first-order valence-corrected chi connectivity index (χ1v) is 6.42. The summed E-state index contributed by atoms with van der Waals surface area (Å²) in [4.78, 5) is 2.03. The van der Waals surface area contributed by atoms with Gasteiger partial charge >= 0.3 is 0 Å². The number of anilines is 1. The highest BCUT2D eigenvalue weighted by molar-refractivity contribution is 5.49. The number of hydrogen-bond acceptors (Lipinski definition) is 4. The van der Waals surface area contributed by atoms with Crippen LogP contribution in [0.3, 0.4) is 0 Å². The van der Waals surface area contributed by atoms with Crippen molar-refractivity contribution >= 4 is 5.69 Å². The molecule has 1 aliphatic heterocycles. The first kappa shape index (κ1) is 13.2. The largest absolute Gasteiger partial charge is 0.491 e. The lowest BCUT2D eigenvalue weighted by molar-refractivity contribution is -0.0285. The van der Waals surface area contributed by atoms with Gasteiger partial charge in [0.15, 0.2) is 0 Å². The van der Waals surface area contributed by atoms with E-state index in [0.29, 0.717) is 6.61 Å². The number of benzene rings is 1. The number of ether oxygens (including phenoxy) is 1. The van der Waals surface area contributed by atoms with Crippen molar-refractivity contribution in [2.45, 2.75) is 18.4 Å². The molecule has 0 atom stereocenters. The minimum atomic E-state index is -0.681. The number of nitrogens with one attached hydrogen (secondary N) is 1. The number of piperidine rings is 1. The molecule has 1 aromatic carbocycles.